The molecule has 0 spiro atoms. The summed E-state index contributed by atoms with van der Waals surface area (Å²) in [4.78, 5) is 15.5. The van der Waals surface area contributed by atoms with E-state index in [9.17, 15) is 13.2 Å². The summed E-state index contributed by atoms with van der Waals surface area (Å²) >= 11 is 6.08. The lowest BCUT2D eigenvalue weighted by Crippen LogP contribution is -2.39. The van der Waals surface area contributed by atoms with E-state index in [1.54, 1.807) is 24.3 Å². The van der Waals surface area contributed by atoms with Crippen LogP contribution in [0.3, 0.4) is 0 Å². The largest absolute Gasteiger partial charge is 0.395 e. The summed E-state index contributed by atoms with van der Waals surface area (Å²) < 4.78 is 27.0. The Morgan fingerprint density at radius 3 is 2.46 bits per heavy atom. The Hall–Kier alpha value is -2.39. The molecule has 0 fully saturated rings. The topological polar surface area (TPSA) is 111 Å². The third-order valence-corrected chi connectivity index (χ3v) is 6.21. The van der Waals surface area contributed by atoms with Crippen molar-refractivity contribution in [3.8, 4) is 0 Å². The van der Waals surface area contributed by atoms with Gasteiger partial charge in [-0.25, -0.2) is 13.8 Å². The van der Waals surface area contributed by atoms with Crippen molar-refractivity contribution in [3.63, 3.8) is 0 Å². The zero-order valence-electron chi connectivity index (χ0n) is 15.3. The van der Waals surface area contributed by atoms with Gasteiger partial charge in [-0.05, 0) is 55.3 Å². The molecule has 148 valence electrons. The van der Waals surface area contributed by atoms with Crippen LogP contribution in [0.25, 0.3) is 10.9 Å². The number of halogens is 1. The van der Waals surface area contributed by atoms with E-state index in [2.05, 4.69) is 15.8 Å². The van der Waals surface area contributed by atoms with Crippen LogP contribution in [-0.4, -0.2) is 37.6 Å². The molecule has 3 rings (SSSR count). The lowest BCUT2D eigenvalue weighted by molar-refractivity contribution is 0.0922. The van der Waals surface area contributed by atoms with Gasteiger partial charge in [0, 0.05) is 22.5 Å². The zero-order chi connectivity index (χ0) is 20.5. The van der Waals surface area contributed by atoms with Crippen molar-refractivity contribution in [2.45, 2.75) is 23.6 Å². The number of carbonyl (C=O) groups is 1. The number of aryl methyl sites for hydroxylation is 2. The first-order valence-electron chi connectivity index (χ1n) is 8.52. The van der Waals surface area contributed by atoms with Crippen molar-refractivity contribution >= 4 is 38.2 Å². The molecule has 0 unspecified atom stereocenters. The quantitative estimate of drug-likeness (QED) is 0.361. The molecule has 0 aliphatic heterocycles. The average molecular weight is 422 g/mol. The van der Waals surface area contributed by atoms with Crippen molar-refractivity contribution in [2.75, 3.05) is 13.2 Å². The number of amides is 1. The minimum absolute atomic E-state index is 0.100. The second-order valence-corrected chi connectivity index (χ2v) is 8.77. The summed E-state index contributed by atoms with van der Waals surface area (Å²) in [5, 5.41) is 9.53. The van der Waals surface area contributed by atoms with Gasteiger partial charge >= 0.3 is 0 Å². The minimum Gasteiger partial charge on any atom is -0.395 e. The number of hydrogen-bond donors (Lipinski definition) is 4. The monoisotopic (exact) mass is 421 g/mol. The fourth-order valence-electron chi connectivity index (χ4n) is 3.05. The molecule has 0 atom stereocenters. The number of aliphatic hydroxyl groups excluding tert-OH is 1. The Balaban J connectivity index is 2.23. The fourth-order valence-corrected chi connectivity index (χ4v) is 5.01. The Morgan fingerprint density at radius 1 is 1.14 bits per heavy atom. The van der Waals surface area contributed by atoms with Gasteiger partial charge in [-0.15, -0.1) is 0 Å². The predicted octanol–water partition coefficient (Wildman–Crippen LogP) is 2.50. The van der Waals surface area contributed by atoms with Crippen molar-refractivity contribution in [1.82, 2.24) is 15.8 Å². The summed E-state index contributed by atoms with van der Waals surface area (Å²) in [6, 6.07) is 9.75. The molecule has 7 nitrogen and oxygen atoms in total. The van der Waals surface area contributed by atoms with Gasteiger partial charge in [0.2, 0.25) is 9.84 Å². The molecule has 0 saturated heterocycles. The highest BCUT2D eigenvalue weighted by atomic mass is 35.5. The third kappa shape index (κ3) is 3.90. The van der Waals surface area contributed by atoms with Crippen LogP contribution < -0.4 is 10.9 Å². The fraction of sp³-hybridized carbons (Fsp3) is 0.211. The van der Waals surface area contributed by atoms with E-state index < -0.39 is 15.7 Å². The highest BCUT2D eigenvalue weighted by Crippen LogP contribution is 2.34. The molecule has 9 heteroatoms. The van der Waals surface area contributed by atoms with Crippen LogP contribution in [0, 0.1) is 13.8 Å². The molecular formula is C19H20ClN3O4S. The molecule has 28 heavy (non-hydrogen) atoms. The number of H-pyrrole nitrogens is 1. The van der Waals surface area contributed by atoms with E-state index in [0.29, 0.717) is 15.9 Å². The molecule has 0 radical (unpaired) electrons. The maximum atomic E-state index is 13.5. The highest BCUT2D eigenvalue weighted by Gasteiger charge is 2.30. The van der Waals surface area contributed by atoms with Crippen molar-refractivity contribution in [1.29, 1.82) is 0 Å². The molecule has 1 aromatic heterocycles. The third-order valence-electron chi connectivity index (χ3n) is 4.15. The maximum absolute atomic E-state index is 13.5. The summed E-state index contributed by atoms with van der Waals surface area (Å²) in [6.07, 6.45) is 0. The van der Waals surface area contributed by atoms with Gasteiger partial charge in [-0.3, -0.25) is 10.2 Å². The molecular weight excluding hydrogens is 402 g/mol. The number of rotatable bonds is 6. The van der Waals surface area contributed by atoms with Crippen molar-refractivity contribution in [3.05, 3.63) is 58.2 Å². The number of sulfone groups is 1. The normalized spacial score (nSPS) is 11.7. The Morgan fingerprint density at radius 2 is 1.82 bits per heavy atom. The van der Waals surface area contributed by atoms with E-state index in [-0.39, 0.29) is 28.6 Å². The van der Waals surface area contributed by atoms with Crippen molar-refractivity contribution < 1.29 is 18.3 Å². The van der Waals surface area contributed by atoms with Crippen LogP contribution in [0.2, 0.25) is 5.02 Å². The predicted molar refractivity (Wildman–Crippen MR) is 107 cm³/mol. The van der Waals surface area contributed by atoms with Crippen LogP contribution in [0.15, 0.2) is 46.2 Å². The lowest BCUT2D eigenvalue weighted by Gasteiger charge is -2.10. The first-order valence-corrected chi connectivity index (χ1v) is 10.4. The average Bonchev–Trinajstić information content (AvgIpc) is 3.00. The van der Waals surface area contributed by atoms with Crippen LogP contribution in [0.5, 0.6) is 0 Å². The van der Waals surface area contributed by atoms with E-state index in [1.165, 1.54) is 6.07 Å². The smallest absolute Gasteiger partial charge is 0.283 e. The summed E-state index contributed by atoms with van der Waals surface area (Å²) in [6.45, 7) is 3.56. The van der Waals surface area contributed by atoms with Crippen LogP contribution in [0.4, 0.5) is 0 Å². The van der Waals surface area contributed by atoms with Crippen LogP contribution >= 0.6 is 11.6 Å². The molecule has 0 bridgehead atoms. The second kappa shape index (κ2) is 7.92. The Kier molecular flexibility index (Phi) is 5.76. The van der Waals surface area contributed by atoms with Gasteiger partial charge in [-0.1, -0.05) is 17.7 Å². The Labute approximate surface area is 167 Å². The van der Waals surface area contributed by atoms with E-state index in [0.717, 1.165) is 11.1 Å². The summed E-state index contributed by atoms with van der Waals surface area (Å²) in [5.74, 6) is -0.663. The number of aromatic nitrogens is 1. The first kappa shape index (κ1) is 20.3. The van der Waals surface area contributed by atoms with Crippen LogP contribution in [-0.2, 0) is 9.84 Å². The molecule has 2 aromatic carbocycles. The van der Waals surface area contributed by atoms with Gasteiger partial charge in [0.15, 0.2) is 0 Å². The number of aliphatic hydroxyl groups is 1. The number of aromatic amines is 1. The number of hydrazine groups is 1. The molecule has 3 aromatic rings. The van der Waals surface area contributed by atoms with Gasteiger partial charge < -0.3 is 10.1 Å². The number of fused-ring (bicyclic) bond motifs is 1. The highest BCUT2D eigenvalue weighted by molar-refractivity contribution is 7.91. The maximum Gasteiger partial charge on any atom is 0.283 e. The minimum atomic E-state index is -4.02. The van der Waals surface area contributed by atoms with E-state index in [1.807, 2.05) is 19.9 Å². The molecule has 0 saturated carbocycles. The Bertz CT molecular complexity index is 1140. The zero-order valence-corrected chi connectivity index (χ0v) is 16.9. The number of nitrogens with one attached hydrogen (secondary N) is 3. The van der Waals surface area contributed by atoms with Crippen LogP contribution in [0.1, 0.15) is 21.6 Å². The molecule has 1 amide bonds. The number of carbonyl (C=O) groups excluding carboxylic acids is 1. The van der Waals surface area contributed by atoms with E-state index in [4.69, 9.17) is 16.7 Å². The molecule has 1 heterocycles. The SMILES string of the molecule is Cc1cc(C)cc(S(=O)(=O)c2c(C(=O)NNCCO)[nH]c3ccc(Cl)cc23)c1. The van der Waals surface area contributed by atoms with Crippen molar-refractivity contribution in [2.24, 2.45) is 0 Å². The second-order valence-electron chi connectivity index (χ2n) is 6.45. The summed E-state index contributed by atoms with van der Waals surface area (Å²) in [5.41, 5.74) is 6.88. The summed E-state index contributed by atoms with van der Waals surface area (Å²) in [7, 11) is -4.02. The molecule has 0 aliphatic rings. The first-order chi connectivity index (χ1) is 13.2. The molecule has 4 N–H and O–H groups in total. The standard InChI is InChI=1S/C19H20ClN3O4S/c1-11-7-12(2)9-14(8-11)28(26,27)18-15-10-13(20)3-4-16(15)22-17(18)19(25)23-21-5-6-24/h3-4,7-10,21-22,24H,5-6H2,1-2H3,(H,23,25). The van der Waals surface area contributed by atoms with Gasteiger partial charge in [0.05, 0.1) is 11.5 Å². The van der Waals surface area contributed by atoms with E-state index >= 15 is 0 Å². The van der Waals surface area contributed by atoms with Gasteiger partial charge in [-0.2, -0.15) is 0 Å². The number of hydrogen-bond acceptors (Lipinski definition) is 5. The van der Waals surface area contributed by atoms with Gasteiger partial charge in [0.1, 0.15) is 10.6 Å². The number of benzene rings is 2. The van der Waals surface area contributed by atoms with Gasteiger partial charge in [0.25, 0.3) is 5.91 Å². The molecule has 0 aliphatic carbocycles. The lowest BCUT2D eigenvalue weighted by atomic mass is 10.2.